The topological polar surface area (TPSA) is 70.8 Å². The lowest BCUT2D eigenvalue weighted by Gasteiger charge is -2.32. The monoisotopic (exact) mass is 417 g/mol. The SMILES string of the molecule is CC(=O)SCC(=Cc1ccc(N)c(OC(F)(F)F)c1)B1OC(C)(C)C(C)(C)O1. The van der Waals surface area contributed by atoms with Crippen LogP contribution in [0.25, 0.3) is 6.08 Å². The lowest BCUT2D eigenvalue weighted by molar-refractivity contribution is -0.274. The second kappa shape index (κ2) is 8.00. The van der Waals surface area contributed by atoms with Crippen molar-refractivity contribution in [1.82, 2.24) is 0 Å². The van der Waals surface area contributed by atoms with Crippen LogP contribution in [0.5, 0.6) is 5.75 Å². The van der Waals surface area contributed by atoms with E-state index in [0.717, 1.165) is 11.8 Å². The standard InChI is InChI=1S/C18H23BF3NO4S/c1-11(24)28-10-13(19-26-16(2,3)17(4,5)27-19)8-12-6-7-14(23)15(9-12)25-18(20,21)22/h6-9H,10,23H2,1-5H3. The van der Waals surface area contributed by atoms with Gasteiger partial charge in [-0.05, 0) is 50.9 Å². The van der Waals surface area contributed by atoms with E-state index < -0.39 is 30.4 Å². The number of alkyl halides is 3. The number of nitrogens with two attached hydrogens (primary N) is 1. The lowest BCUT2D eigenvalue weighted by Crippen LogP contribution is -2.41. The molecule has 0 radical (unpaired) electrons. The fourth-order valence-electron chi connectivity index (χ4n) is 2.43. The molecule has 10 heteroatoms. The predicted molar refractivity (Wildman–Crippen MR) is 105 cm³/mol. The summed E-state index contributed by atoms with van der Waals surface area (Å²) in [7, 11) is -0.735. The van der Waals surface area contributed by atoms with Gasteiger partial charge in [-0.1, -0.05) is 23.9 Å². The molecule has 1 aromatic rings. The fourth-order valence-corrected chi connectivity index (χ4v) is 3.01. The van der Waals surface area contributed by atoms with E-state index in [1.54, 1.807) is 12.1 Å². The Hall–Kier alpha value is -1.65. The Kier molecular flexibility index (Phi) is 6.47. The Bertz CT molecular complexity index is 765. The number of rotatable bonds is 5. The molecule has 2 N–H and O–H groups in total. The van der Waals surface area contributed by atoms with E-state index in [2.05, 4.69) is 4.74 Å². The average Bonchev–Trinajstić information content (AvgIpc) is 2.73. The minimum absolute atomic E-state index is 0.0965. The molecule has 1 aliphatic rings. The largest absolute Gasteiger partial charge is 0.573 e. The van der Waals surface area contributed by atoms with Crippen LogP contribution >= 0.6 is 11.8 Å². The van der Waals surface area contributed by atoms with Gasteiger partial charge in [0.05, 0.1) is 16.9 Å². The Balaban J connectivity index is 2.37. The third-order valence-corrected chi connectivity index (χ3v) is 5.50. The maximum Gasteiger partial charge on any atom is 0.573 e. The number of hydrogen-bond donors (Lipinski definition) is 1. The average molecular weight is 417 g/mol. The van der Waals surface area contributed by atoms with Crippen LogP contribution in [0.1, 0.15) is 40.2 Å². The van der Waals surface area contributed by atoms with Crippen molar-refractivity contribution in [2.45, 2.75) is 52.2 Å². The number of ether oxygens (including phenoxy) is 1. The van der Waals surface area contributed by atoms with Crippen molar-refractivity contribution in [1.29, 1.82) is 0 Å². The summed E-state index contributed by atoms with van der Waals surface area (Å²) in [6.45, 7) is 9.00. The van der Waals surface area contributed by atoms with Crippen LogP contribution in [0.3, 0.4) is 0 Å². The summed E-state index contributed by atoms with van der Waals surface area (Å²) < 4.78 is 53.7. The molecule has 1 aromatic carbocycles. The van der Waals surface area contributed by atoms with Crippen molar-refractivity contribution in [3.8, 4) is 5.75 Å². The predicted octanol–water partition coefficient (Wildman–Crippen LogP) is 4.46. The van der Waals surface area contributed by atoms with Crippen molar-refractivity contribution in [3.05, 3.63) is 29.2 Å². The zero-order chi connectivity index (χ0) is 21.3. The Morgan fingerprint density at radius 3 is 2.32 bits per heavy atom. The number of carbonyl (C=O) groups excluding carboxylic acids is 1. The summed E-state index contributed by atoms with van der Waals surface area (Å²) in [6, 6.07) is 4.07. The summed E-state index contributed by atoms with van der Waals surface area (Å²) in [5.41, 5.74) is 5.28. The molecule has 1 aliphatic heterocycles. The molecule has 0 aromatic heterocycles. The number of thioether (sulfide) groups is 1. The highest BCUT2D eigenvalue weighted by Gasteiger charge is 2.52. The number of carbonyl (C=O) groups is 1. The van der Waals surface area contributed by atoms with Crippen LogP contribution in [-0.4, -0.2) is 35.6 Å². The van der Waals surface area contributed by atoms with E-state index in [-0.39, 0.29) is 16.6 Å². The number of anilines is 1. The second-order valence-corrected chi connectivity index (χ2v) is 8.59. The molecule has 1 saturated heterocycles. The summed E-state index contributed by atoms with van der Waals surface area (Å²) in [5, 5.41) is -0.0965. The fraction of sp³-hybridized carbons (Fsp3) is 0.500. The van der Waals surface area contributed by atoms with Crippen molar-refractivity contribution < 1.29 is 32.0 Å². The van der Waals surface area contributed by atoms with Crippen molar-refractivity contribution >= 4 is 35.8 Å². The highest BCUT2D eigenvalue weighted by atomic mass is 32.2. The Labute approximate surface area is 166 Å². The van der Waals surface area contributed by atoms with Gasteiger partial charge in [0, 0.05) is 12.7 Å². The molecule has 1 heterocycles. The van der Waals surface area contributed by atoms with Gasteiger partial charge in [0.25, 0.3) is 0 Å². The smallest absolute Gasteiger partial charge is 0.404 e. The molecule has 0 saturated carbocycles. The first-order valence-electron chi connectivity index (χ1n) is 8.55. The molecule has 154 valence electrons. The van der Waals surface area contributed by atoms with Gasteiger partial charge in [-0.3, -0.25) is 4.79 Å². The molecular weight excluding hydrogens is 394 g/mol. The molecule has 0 amide bonds. The van der Waals surface area contributed by atoms with Gasteiger partial charge in [-0.15, -0.1) is 13.2 Å². The quantitative estimate of drug-likeness (QED) is 0.564. The Morgan fingerprint density at radius 1 is 1.25 bits per heavy atom. The zero-order valence-electron chi connectivity index (χ0n) is 16.3. The van der Waals surface area contributed by atoms with E-state index in [1.165, 1.54) is 19.1 Å². The maximum atomic E-state index is 12.6. The molecule has 0 bridgehead atoms. The van der Waals surface area contributed by atoms with E-state index >= 15 is 0 Å². The first-order chi connectivity index (χ1) is 12.7. The van der Waals surface area contributed by atoms with Crippen molar-refractivity contribution in [3.63, 3.8) is 0 Å². The number of hydrogen-bond acceptors (Lipinski definition) is 6. The van der Waals surface area contributed by atoms with Crippen LogP contribution in [0, 0.1) is 0 Å². The maximum absolute atomic E-state index is 12.6. The van der Waals surface area contributed by atoms with Crippen LogP contribution in [0.15, 0.2) is 23.7 Å². The van der Waals surface area contributed by atoms with E-state index in [4.69, 9.17) is 15.0 Å². The first kappa shape index (κ1) is 22.6. The van der Waals surface area contributed by atoms with Crippen LogP contribution in [0.2, 0.25) is 0 Å². The lowest BCUT2D eigenvalue weighted by atomic mass is 9.78. The van der Waals surface area contributed by atoms with Gasteiger partial charge in [0.1, 0.15) is 0 Å². The second-order valence-electron chi connectivity index (χ2n) is 7.43. The zero-order valence-corrected chi connectivity index (χ0v) is 17.2. The van der Waals surface area contributed by atoms with Gasteiger partial charge in [-0.2, -0.15) is 0 Å². The van der Waals surface area contributed by atoms with Crippen LogP contribution in [0.4, 0.5) is 18.9 Å². The normalized spacial score (nSPS) is 19.0. The highest BCUT2D eigenvalue weighted by Crippen LogP contribution is 2.39. The molecule has 5 nitrogen and oxygen atoms in total. The number of nitrogen functional groups attached to an aromatic ring is 1. The van der Waals surface area contributed by atoms with Crippen molar-refractivity contribution in [2.24, 2.45) is 0 Å². The van der Waals surface area contributed by atoms with Gasteiger partial charge in [-0.25, -0.2) is 0 Å². The van der Waals surface area contributed by atoms with E-state index in [9.17, 15) is 18.0 Å². The highest BCUT2D eigenvalue weighted by molar-refractivity contribution is 8.13. The molecule has 0 spiro atoms. The minimum atomic E-state index is -4.85. The van der Waals surface area contributed by atoms with Crippen LogP contribution in [-0.2, 0) is 14.1 Å². The van der Waals surface area contributed by atoms with Gasteiger partial charge >= 0.3 is 13.5 Å². The number of benzene rings is 1. The first-order valence-corrected chi connectivity index (χ1v) is 9.53. The molecule has 28 heavy (non-hydrogen) atoms. The minimum Gasteiger partial charge on any atom is -0.404 e. The van der Waals surface area contributed by atoms with E-state index in [0.29, 0.717) is 11.0 Å². The molecule has 0 atom stereocenters. The molecule has 0 unspecified atom stereocenters. The summed E-state index contributed by atoms with van der Waals surface area (Å²) in [5.74, 6) is -0.222. The van der Waals surface area contributed by atoms with Crippen molar-refractivity contribution in [2.75, 3.05) is 11.5 Å². The van der Waals surface area contributed by atoms with E-state index in [1.807, 2.05) is 27.7 Å². The van der Waals surface area contributed by atoms with Gasteiger partial charge < -0.3 is 19.8 Å². The Morgan fingerprint density at radius 2 is 1.82 bits per heavy atom. The summed E-state index contributed by atoms with van der Waals surface area (Å²) >= 11 is 1.06. The number of halogens is 3. The van der Waals surface area contributed by atoms with Gasteiger partial charge in [0.15, 0.2) is 10.9 Å². The molecule has 0 aliphatic carbocycles. The molecule has 2 rings (SSSR count). The summed E-state index contributed by atoms with van der Waals surface area (Å²) in [4.78, 5) is 11.4. The molecular formula is C18H23BF3NO4S. The summed E-state index contributed by atoms with van der Waals surface area (Å²) in [6.07, 6.45) is -3.23. The third-order valence-electron chi connectivity index (χ3n) is 4.61. The third kappa shape index (κ3) is 5.68. The van der Waals surface area contributed by atoms with Gasteiger partial charge in [0.2, 0.25) is 0 Å². The van der Waals surface area contributed by atoms with Crippen LogP contribution < -0.4 is 10.5 Å². The molecule has 1 fully saturated rings.